The number of benzene rings is 1. The third-order valence-corrected chi connectivity index (χ3v) is 3.38. The second kappa shape index (κ2) is 5.46. The van der Waals surface area contributed by atoms with Crippen molar-refractivity contribution >= 4 is 11.8 Å². The molecule has 0 aliphatic heterocycles. The lowest BCUT2D eigenvalue weighted by Crippen LogP contribution is -2.04. The van der Waals surface area contributed by atoms with Crippen LogP contribution in [0.4, 0.5) is 8.78 Å². The Hall–Kier alpha value is -1.46. The first kappa shape index (κ1) is 13.0. The van der Waals surface area contributed by atoms with E-state index in [1.54, 1.807) is 12.3 Å². The summed E-state index contributed by atoms with van der Waals surface area (Å²) in [6.45, 7) is 1.86. The maximum atomic E-state index is 13.4. The summed E-state index contributed by atoms with van der Waals surface area (Å²) in [5.41, 5.74) is 6.61. The van der Waals surface area contributed by atoms with Crippen molar-refractivity contribution in [3.8, 4) is 0 Å². The molecule has 0 fully saturated rings. The molecule has 0 spiro atoms. The number of hydrogen-bond donors (Lipinski definition) is 1. The van der Waals surface area contributed by atoms with E-state index < -0.39 is 11.6 Å². The molecule has 18 heavy (non-hydrogen) atoms. The highest BCUT2D eigenvalue weighted by Crippen LogP contribution is 2.29. The van der Waals surface area contributed by atoms with Crippen LogP contribution in [-0.4, -0.2) is 4.98 Å². The highest BCUT2D eigenvalue weighted by atomic mass is 32.2. The number of pyridine rings is 1. The lowest BCUT2D eigenvalue weighted by molar-refractivity contribution is 0.577. The minimum atomic E-state index is -0.467. The SMILES string of the molecule is C[C@H](N)c1ccc(Sc2cc(F)ccc2F)nc1. The standard InChI is InChI=1S/C13H12F2N2S/c1-8(16)9-2-5-13(17-7-9)18-12-6-10(14)3-4-11(12)15/h2-8H,16H2,1H3/t8-/m0/s1. The van der Waals surface area contributed by atoms with Crippen LogP contribution in [0.2, 0.25) is 0 Å². The van der Waals surface area contributed by atoms with Gasteiger partial charge in [-0.25, -0.2) is 13.8 Å². The lowest BCUT2D eigenvalue weighted by Gasteiger charge is -2.06. The van der Waals surface area contributed by atoms with Gasteiger partial charge in [0.1, 0.15) is 16.7 Å². The molecular weight excluding hydrogens is 254 g/mol. The maximum absolute atomic E-state index is 13.4. The second-order valence-electron chi connectivity index (χ2n) is 3.90. The molecule has 1 aromatic carbocycles. The second-order valence-corrected chi connectivity index (χ2v) is 4.96. The highest BCUT2D eigenvalue weighted by Gasteiger charge is 2.07. The maximum Gasteiger partial charge on any atom is 0.137 e. The van der Waals surface area contributed by atoms with Crippen molar-refractivity contribution in [1.82, 2.24) is 4.98 Å². The van der Waals surface area contributed by atoms with Crippen LogP contribution in [0.5, 0.6) is 0 Å². The van der Waals surface area contributed by atoms with E-state index in [1.807, 2.05) is 13.0 Å². The van der Waals surface area contributed by atoms with Gasteiger partial charge in [-0.05, 0) is 36.8 Å². The van der Waals surface area contributed by atoms with Gasteiger partial charge < -0.3 is 5.73 Å². The zero-order valence-corrected chi connectivity index (χ0v) is 10.5. The number of rotatable bonds is 3. The van der Waals surface area contributed by atoms with Crippen molar-refractivity contribution in [3.63, 3.8) is 0 Å². The van der Waals surface area contributed by atoms with Gasteiger partial charge in [0.15, 0.2) is 0 Å². The average molecular weight is 266 g/mol. The Bertz CT molecular complexity index is 541. The van der Waals surface area contributed by atoms with Gasteiger partial charge in [-0.15, -0.1) is 0 Å². The molecule has 0 amide bonds. The Balaban J connectivity index is 2.21. The molecule has 0 aliphatic carbocycles. The highest BCUT2D eigenvalue weighted by molar-refractivity contribution is 7.99. The van der Waals surface area contributed by atoms with Crippen LogP contribution < -0.4 is 5.73 Å². The van der Waals surface area contributed by atoms with E-state index in [9.17, 15) is 8.78 Å². The van der Waals surface area contributed by atoms with E-state index >= 15 is 0 Å². The average Bonchev–Trinajstić information content (AvgIpc) is 2.34. The predicted molar refractivity (Wildman–Crippen MR) is 67.3 cm³/mol. The zero-order chi connectivity index (χ0) is 13.1. The molecule has 0 bridgehead atoms. The topological polar surface area (TPSA) is 38.9 Å². The third-order valence-electron chi connectivity index (χ3n) is 2.39. The minimum Gasteiger partial charge on any atom is -0.324 e. The van der Waals surface area contributed by atoms with Crippen LogP contribution in [0.1, 0.15) is 18.5 Å². The summed E-state index contributed by atoms with van der Waals surface area (Å²) in [4.78, 5) is 4.38. The summed E-state index contributed by atoms with van der Waals surface area (Å²) in [6.07, 6.45) is 1.64. The normalized spacial score (nSPS) is 12.4. The summed E-state index contributed by atoms with van der Waals surface area (Å²) >= 11 is 1.08. The molecule has 0 aliphatic rings. The Kier molecular flexibility index (Phi) is 3.93. The molecule has 0 saturated heterocycles. The van der Waals surface area contributed by atoms with Crippen LogP contribution in [0.3, 0.4) is 0 Å². The van der Waals surface area contributed by atoms with Crippen molar-refractivity contribution in [3.05, 3.63) is 53.7 Å². The van der Waals surface area contributed by atoms with E-state index in [2.05, 4.69) is 4.98 Å². The van der Waals surface area contributed by atoms with Crippen molar-refractivity contribution in [2.24, 2.45) is 5.73 Å². The summed E-state index contributed by atoms with van der Waals surface area (Å²) in [7, 11) is 0. The van der Waals surface area contributed by atoms with Gasteiger partial charge in [0, 0.05) is 12.2 Å². The predicted octanol–water partition coefficient (Wildman–Crippen LogP) is 3.53. The zero-order valence-electron chi connectivity index (χ0n) is 9.73. The van der Waals surface area contributed by atoms with E-state index in [-0.39, 0.29) is 10.9 Å². The van der Waals surface area contributed by atoms with Gasteiger partial charge in [-0.1, -0.05) is 17.8 Å². The molecule has 0 saturated carbocycles. The first-order valence-electron chi connectivity index (χ1n) is 5.40. The molecular formula is C13H12F2N2S. The van der Waals surface area contributed by atoms with Crippen LogP contribution >= 0.6 is 11.8 Å². The molecule has 2 nitrogen and oxygen atoms in total. The van der Waals surface area contributed by atoms with Crippen molar-refractivity contribution in [1.29, 1.82) is 0 Å². The fourth-order valence-corrected chi connectivity index (χ4v) is 2.19. The van der Waals surface area contributed by atoms with Gasteiger partial charge in [0.05, 0.1) is 4.90 Å². The van der Waals surface area contributed by atoms with Gasteiger partial charge in [0.2, 0.25) is 0 Å². The lowest BCUT2D eigenvalue weighted by atomic mass is 10.2. The molecule has 1 heterocycles. The molecule has 2 aromatic rings. The van der Waals surface area contributed by atoms with Crippen LogP contribution in [0.15, 0.2) is 46.5 Å². The van der Waals surface area contributed by atoms with Gasteiger partial charge in [0.25, 0.3) is 0 Å². The van der Waals surface area contributed by atoms with Crippen LogP contribution in [0, 0.1) is 11.6 Å². The number of nitrogens with two attached hydrogens (primary N) is 1. The van der Waals surface area contributed by atoms with Crippen LogP contribution in [0.25, 0.3) is 0 Å². The fourth-order valence-electron chi connectivity index (χ4n) is 1.39. The van der Waals surface area contributed by atoms with Crippen molar-refractivity contribution in [2.45, 2.75) is 22.9 Å². The van der Waals surface area contributed by atoms with Gasteiger partial charge in [-0.2, -0.15) is 0 Å². The largest absolute Gasteiger partial charge is 0.324 e. The summed E-state index contributed by atoms with van der Waals surface area (Å²) in [5.74, 6) is -0.925. The monoisotopic (exact) mass is 266 g/mol. The first-order chi connectivity index (χ1) is 8.56. The number of aromatic nitrogens is 1. The third kappa shape index (κ3) is 3.05. The molecule has 0 unspecified atom stereocenters. The number of halogens is 2. The number of hydrogen-bond acceptors (Lipinski definition) is 3. The molecule has 2 rings (SSSR count). The van der Waals surface area contributed by atoms with E-state index in [1.165, 1.54) is 0 Å². The molecule has 2 N–H and O–H groups in total. The quantitative estimate of drug-likeness (QED) is 0.923. The molecule has 0 radical (unpaired) electrons. The van der Waals surface area contributed by atoms with Crippen molar-refractivity contribution in [2.75, 3.05) is 0 Å². The summed E-state index contributed by atoms with van der Waals surface area (Å²) in [6, 6.07) is 6.83. The van der Waals surface area contributed by atoms with Gasteiger partial charge >= 0.3 is 0 Å². The summed E-state index contributed by atoms with van der Waals surface area (Å²) < 4.78 is 26.4. The molecule has 94 valence electrons. The molecule has 1 atom stereocenters. The van der Waals surface area contributed by atoms with Crippen LogP contribution in [-0.2, 0) is 0 Å². The number of nitrogens with zero attached hydrogens (tertiary/aromatic N) is 1. The molecule has 5 heteroatoms. The van der Waals surface area contributed by atoms with Gasteiger partial charge in [-0.3, -0.25) is 0 Å². The van der Waals surface area contributed by atoms with E-state index in [0.717, 1.165) is 35.5 Å². The van der Waals surface area contributed by atoms with E-state index in [4.69, 9.17) is 5.73 Å². The van der Waals surface area contributed by atoms with E-state index in [0.29, 0.717) is 5.03 Å². The minimum absolute atomic E-state index is 0.0949. The molecule has 1 aromatic heterocycles. The first-order valence-corrected chi connectivity index (χ1v) is 6.22. The Morgan fingerprint density at radius 2 is 2.00 bits per heavy atom. The Morgan fingerprint density at radius 1 is 1.22 bits per heavy atom. The van der Waals surface area contributed by atoms with Crippen molar-refractivity contribution < 1.29 is 8.78 Å². The fraction of sp³-hybridized carbons (Fsp3) is 0.154. The Morgan fingerprint density at radius 3 is 2.61 bits per heavy atom. The smallest absolute Gasteiger partial charge is 0.137 e. The summed E-state index contributed by atoms with van der Waals surface area (Å²) in [5, 5.41) is 0.601. The Labute approximate surface area is 108 Å².